The quantitative estimate of drug-likeness (QED) is 0.867. The highest BCUT2D eigenvalue weighted by molar-refractivity contribution is 7.19. The molecule has 0 saturated heterocycles. The number of thiophene rings is 1. The standard InChI is InChI=1S/C17H21N3O2S/c1-2-22-17(21)11-7-8-12-13(11)14-15(18-9-19-16(14)23-12)20-10-5-3-4-6-10/h9-11H,2-8H2,1H3,(H,18,19,20). The fourth-order valence-corrected chi connectivity index (χ4v) is 5.04. The maximum Gasteiger partial charge on any atom is 0.313 e. The topological polar surface area (TPSA) is 64.1 Å². The Balaban J connectivity index is 1.75. The molecule has 0 aromatic carbocycles. The Labute approximate surface area is 139 Å². The smallest absolute Gasteiger partial charge is 0.313 e. The number of anilines is 1. The first kappa shape index (κ1) is 14.9. The Morgan fingerprint density at radius 1 is 1.35 bits per heavy atom. The molecule has 5 nitrogen and oxygen atoms in total. The van der Waals surface area contributed by atoms with Gasteiger partial charge >= 0.3 is 5.97 Å². The summed E-state index contributed by atoms with van der Waals surface area (Å²) in [6.07, 6.45) is 8.34. The maximum atomic E-state index is 12.3. The molecule has 0 aliphatic heterocycles. The first-order chi connectivity index (χ1) is 11.3. The van der Waals surface area contributed by atoms with Gasteiger partial charge in [0, 0.05) is 10.9 Å². The third kappa shape index (κ3) is 2.59. The predicted octanol–water partition coefficient (Wildman–Crippen LogP) is 3.64. The Bertz CT molecular complexity index is 737. The SMILES string of the molecule is CCOC(=O)C1CCc2sc3ncnc(NC4CCCC4)c3c21. The van der Waals surface area contributed by atoms with Gasteiger partial charge in [-0.25, -0.2) is 9.97 Å². The molecule has 1 fully saturated rings. The second-order valence-electron chi connectivity index (χ2n) is 6.31. The molecule has 2 aliphatic rings. The van der Waals surface area contributed by atoms with Crippen LogP contribution in [-0.2, 0) is 16.0 Å². The largest absolute Gasteiger partial charge is 0.466 e. The Kier molecular flexibility index (Phi) is 3.93. The third-order valence-electron chi connectivity index (χ3n) is 4.88. The van der Waals surface area contributed by atoms with Crippen molar-refractivity contribution in [1.82, 2.24) is 9.97 Å². The molecule has 23 heavy (non-hydrogen) atoms. The average molecular weight is 331 g/mol. The highest BCUT2D eigenvalue weighted by Crippen LogP contribution is 2.46. The lowest BCUT2D eigenvalue weighted by molar-refractivity contribution is -0.144. The Morgan fingerprint density at radius 2 is 2.17 bits per heavy atom. The van der Waals surface area contributed by atoms with Crippen LogP contribution in [0.3, 0.4) is 0 Å². The minimum atomic E-state index is -0.158. The van der Waals surface area contributed by atoms with E-state index < -0.39 is 0 Å². The molecule has 2 heterocycles. The number of fused-ring (bicyclic) bond motifs is 3. The van der Waals surface area contributed by atoms with E-state index in [0.29, 0.717) is 12.6 Å². The van der Waals surface area contributed by atoms with Gasteiger partial charge < -0.3 is 10.1 Å². The fraction of sp³-hybridized carbons (Fsp3) is 0.588. The third-order valence-corrected chi connectivity index (χ3v) is 6.05. The molecule has 4 rings (SSSR count). The van der Waals surface area contributed by atoms with Crippen LogP contribution in [0.4, 0.5) is 5.82 Å². The van der Waals surface area contributed by atoms with Crippen LogP contribution in [0.5, 0.6) is 0 Å². The van der Waals surface area contributed by atoms with Crippen LogP contribution in [0.15, 0.2) is 6.33 Å². The minimum Gasteiger partial charge on any atom is -0.466 e. The average Bonchev–Trinajstić information content (AvgIpc) is 3.23. The number of ether oxygens (including phenoxy) is 1. The predicted molar refractivity (Wildman–Crippen MR) is 91.0 cm³/mol. The monoisotopic (exact) mass is 331 g/mol. The van der Waals surface area contributed by atoms with Crippen molar-refractivity contribution in [2.75, 3.05) is 11.9 Å². The summed E-state index contributed by atoms with van der Waals surface area (Å²) in [5.74, 6) is 0.631. The van der Waals surface area contributed by atoms with Gasteiger partial charge in [-0.05, 0) is 38.2 Å². The molecule has 6 heteroatoms. The van der Waals surface area contributed by atoms with Crippen molar-refractivity contribution in [3.8, 4) is 0 Å². The number of rotatable bonds is 4. The van der Waals surface area contributed by atoms with Crippen molar-refractivity contribution >= 4 is 33.3 Å². The lowest BCUT2D eigenvalue weighted by Crippen LogP contribution is -2.17. The Morgan fingerprint density at radius 3 is 2.96 bits per heavy atom. The van der Waals surface area contributed by atoms with Gasteiger partial charge in [0.05, 0.1) is 17.9 Å². The number of carbonyl (C=O) groups is 1. The number of carbonyl (C=O) groups excluding carboxylic acids is 1. The van der Waals surface area contributed by atoms with Crippen LogP contribution in [-0.4, -0.2) is 28.6 Å². The molecule has 1 atom stereocenters. The maximum absolute atomic E-state index is 12.3. The first-order valence-corrected chi connectivity index (χ1v) is 9.29. The lowest BCUT2D eigenvalue weighted by atomic mass is 10.0. The van der Waals surface area contributed by atoms with Crippen LogP contribution in [0.1, 0.15) is 55.4 Å². The van der Waals surface area contributed by atoms with Gasteiger partial charge in [-0.3, -0.25) is 4.79 Å². The number of aryl methyl sites for hydroxylation is 1. The van der Waals surface area contributed by atoms with E-state index in [1.807, 2.05) is 6.92 Å². The van der Waals surface area contributed by atoms with Gasteiger partial charge in [0.25, 0.3) is 0 Å². The lowest BCUT2D eigenvalue weighted by Gasteiger charge is -2.15. The van der Waals surface area contributed by atoms with Gasteiger partial charge in [-0.1, -0.05) is 12.8 Å². The van der Waals surface area contributed by atoms with E-state index in [-0.39, 0.29) is 11.9 Å². The van der Waals surface area contributed by atoms with Crippen LogP contribution < -0.4 is 5.32 Å². The van der Waals surface area contributed by atoms with Gasteiger partial charge in [-0.2, -0.15) is 0 Å². The van der Waals surface area contributed by atoms with E-state index in [0.717, 1.165) is 34.4 Å². The van der Waals surface area contributed by atoms with Crippen molar-refractivity contribution in [1.29, 1.82) is 0 Å². The van der Waals surface area contributed by atoms with Gasteiger partial charge in [0.2, 0.25) is 0 Å². The molecule has 0 amide bonds. The normalized spacial score (nSPS) is 20.8. The highest BCUT2D eigenvalue weighted by Gasteiger charge is 2.35. The molecule has 2 aromatic heterocycles. The molecular weight excluding hydrogens is 310 g/mol. The van der Waals surface area contributed by atoms with E-state index in [4.69, 9.17) is 4.74 Å². The zero-order valence-corrected chi connectivity index (χ0v) is 14.1. The van der Waals surface area contributed by atoms with Crippen molar-refractivity contribution in [3.63, 3.8) is 0 Å². The van der Waals surface area contributed by atoms with Crippen molar-refractivity contribution < 1.29 is 9.53 Å². The van der Waals surface area contributed by atoms with E-state index in [1.165, 1.54) is 30.6 Å². The molecule has 2 aromatic rings. The molecule has 0 bridgehead atoms. The highest BCUT2D eigenvalue weighted by atomic mass is 32.1. The molecule has 1 N–H and O–H groups in total. The molecule has 1 saturated carbocycles. The summed E-state index contributed by atoms with van der Waals surface area (Å²) < 4.78 is 5.28. The summed E-state index contributed by atoms with van der Waals surface area (Å²) in [4.78, 5) is 23.5. The van der Waals surface area contributed by atoms with Crippen LogP contribution in [0.25, 0.3) is 10.2 Å². The molecule has 122 valence electrons. The number of aromatic nitrogens is 2. The van der Waals surface area contributed by atoms with Crippen molar-refractivity contribution in [2.24, 2.45) is 0 Å². The molecule has 0 radical (unpaired) electrons. The summed E-state index contributed by atoms with van der Waals surface area (Å²) in [7, 11) is 0. The van der Waals surface area contributed by atoms with Gasteiger partial charge in [0.15, 0.2) is 0 Å². The number of nitrogens with zero attached hydrogens (tertiary/aromatic N) is 2. The van der Waals surface area contributed by atoms with Crippen LogP contribution in [0, 0.1) is 0 Å². The van der Waals surface area contributed by atoms with Crippen LogP contribution in [0.2, 0.25) is 0 Å². The zero-order chi connectivity index (χ0) is 15.8. The van der Waals surface area contributed by atoms with Crippen molar-refractivity contribution in [2.45, 2.75) is 57.4 Å². The summed E-state index contributed by atoms with van der Waals surface area (Å²) in [5, 5.41) is 4.65. The minimum absolute atomic E-state index is 0.110. The van der Waals surface area contributed by atoms with Crippen LogP contribution >= 0.6 is 11.3 Å². The van der Waals surface area contributed by atoms with Gasteiger partial charge in [0.1, 0.15) is 17.0 Å². The fourth-order valence-electron chi connectivity index (χ4n) is 3.83. The number of hydrogen-bond donors (Lipinski definition) is 1. The number of nitrogens with one attached hydrogen (secondary N) is 1. The molecule has 2 aliphatic carbocycles. The Hall–Kier alpha value is -1.69. The zero-order valence-electron chi connectivity index (χ0n) is 13.3. The van der Waals surface area contributed by atoms with E-state index >= 15 is 0 Å². The van der Waals surface area contributed by atoms with Gasteiger partial charge in [-0.15, -0.1) is 11.3 Å². The summed E-state index contributed by atoms with van der Waals surface area (Å²) in [5.41, 5.74) is 1.12. The number of esters is 1. The van der Waals surface area contributed by atoms with E-state index in [9.17, 15) is 4.79 Å². The van der Waals surface area contributed by atoms with Crippen molar-refractivity contribution in [3.05, 3.63) is 16.8 Å². The second-order valence-corrected chi connectivity index (χ2v) is 7.39. The second kappa shape index (κ2) is 6.07. The summed E-state index contributed by atoms with van der Waals surface area (Å²) >= 11 is 1.70. The van der Waals surface area contributed by atoms with E-state index in [2.05, 4.69) is 15.3 Å². The first-order valence-electron chi connectivity index (χ1n) is 8.47. The van der Waals surface area contributed by atoms with E-state index in [1.54, 1.807) is 17.7 Å². The summed E-state index contributed by atoms with van der Waals surface area (Å²) in [6, 6.07) is 0.492. The number of hydrogen-bond acceptors (Lipinski definition) is 6. The molecule has 1 unspecified atom stereocenters. The molecule has 0 spiro atoms. The summed E-state index contributed by atoms with van der Waals surface area (Å²) in [6.45, 7) is 2.28. The molecular formula is C17H21N3O2S.